The second-order valence-electron chi connectivity index (χ2n) is 2.92. The lowest BCUT2D eigenvalue weighted by atomic mass is 10.4. The smallest absolute Gasteiger partial charge is 0.130 e. The Balaban J connectivity index is 2.32. The van der Waals surface area contributed by atoms with Gasteiger partial charge in [0.1, 0.15) is 5.25 Å². The van der Waals surface area contributed by atoms with Crippen LogP contribution in [0.25, 0.3) is 0 Å². The van der Waals surface area contributed by atoms with Crippen molar-refractivity contribution in [3.05, 3.63) is 0 Å². The maximum absolute atomic E-state index is 11.5. The fourth-order valence-electron chi connectivity index (χ4n) is 1.07. The third-order valence-corrected chi connectivity index (χ3v) is 3.35. The molecule has 0 amide bonds. The van der Waals surface area contributed by atoms with E-state index in [0.717, 1.165) is 26.2 Å². The van der Waals surface area contributed by atoms with Gasteiger partial charge in [-0.25, -0.2) is 5.32 Å². The highest BCUT2D eigenvalue weighted by atomic mass is 32.2. The van der Waals surface area contributed by atoms with E-state index in [0.29, 0.717) is 0 Å². The third-order valence-electron chi connectivity index (χ3n) is 1.67. The zero-order chi connectivity index (χ0) is 8.27. The first kappa shape index (κ1) is 9.32. The van der Waals surface area contributed by atoms with Crippen molar-refractivity contribution >= 4 is 11.4 Å². The average Bonchev–Trinajstić information content (AvgIpc) is 2.05. The van der Waals surface area contributed by atoms with Crippen molar-refractivity contribution in [1.82, 2.24) is 9.62 Å². The lowest BCUT2D eigenvalue weighted by molar-refractivity contribution is 0.353. The second kappa shape index (κ2) is 4.30. The predicted molar refractivity (Wildman–Crippen MR) is 46.7 cm³/mol. The van der Waals surface area contributed by atoms with Crippen molar-refractivity contribution in [1.29, 1.82) is 0 Å². The lowest BCUT2D eigenvalue weighted by Gasteiger charge is -2.29. The Labute approximate surface area is 71.5 Å². The predicted octanol–water partition coefficient (Wildman–Crippen LogP) is -0.0215. The highest BCUT2D eigenvalue weighted by molar-refractivity contribution is 7.89. The molecular weight excluding hydrogens is 160 g/mol. The van der Waals surface area contributed by atoms with E-state index >= 15 is 0 Å². The van der Waals surface area contributed by atoms with Crippen LogP contribution in [-0.4, -0.2) is 40.3 Å². The van der Waals surface area contributed by atoms with Crippen molar-refractivity contribution in [2.75, 3.05) is 26.2 Å². The van der Waals surface area contributed by atoms with E-state index < -0.39 is 11.4 Å². The summed E-state index contributed by atoms with van der Waals surface area (Å²) in [5.41, 5.74) is 0. The molecule has 4 heteroatoms. The van der Waals surface area contributed by atoms with E-state index in [1.54, 1.807) is 0 Å². The van der Waals surface area contributed by atoms with Crippen molar-refractivity contribution in [2.45, 2.75) is 19.1 Å². The zero-order valence-electron chi connectivity index (χ0n) is 7.12. The average molecular weight is 175 g/mol. The minimum atomic E-state index is -0.785. The molecule has 0 aromatic rings. The molecule has 1 aliphatic rings. The SMILES string of the molecule is CC(C)[S+]([O-])N1CC[N]CC1. The Morgan fingerprint density at radius 1 is 1.36 bits per heavy atom. The summed E-state index contributed by atoms with van der Waals surface area (Å²) in [6, 6.07) is 0. The maximum atomic E-state index is 11.5. The van der Waals surface area contributed by atoms with Gasteiger partial charge in [-0.1, -0.05) is 0 Å². The highest BCUT2D eigenvalue weighted by Gasteiger charge is 2.24. The van der Waals surface area contributed by atoms with Crippen LogP contribution in [0.3, 0.4) is 0 Å². The van der Waals surface area contributed by atoms with Gasteiger partial charge < -0.3 is 4.55 Å². The van der Waals surface area contributed by atoms with Gasteiger partial charge in [0.15, 0.2) is 0 Å². The van der Waals surface area contributed by atoms with Crippen LogP contribution in [0.15, 0.2) is 0 Å². The summed E-state index contributed by atoms with van der Waals surface area (Å²) < 4.78 is 13.5. The van der Waals surface area contributed by atoms with E-state index in [2.05, 4.69) is 5.32 Å². The Morgan fingerprint density at radius 3 is 2.36 bits per heavy atom. The molecule has 1 rings (SSSR count). The molecule has 3 nitrogen and oxygen atoms in total. The molecule has 11 heavy (non-hydrogen) atoms. The number of nitrogens with zero attached hydrogens (tertiary/aromatic N) is 2. The molecule has 0 saturated carbocycles. The van der Waals surface area contributed by atoms with Crippen molar-refractivity contribution in [2.24, 2.45) is 0 Å². The molecule has 65 valence electrons. The summed E-state index contributed by atoms with van der Waals surface area (Å²) in [5, 5.41) is 4.44. The minimum Gasteiger partial charge on any atom is -0.598 e. The van der Waals surface area contributed by atoms with E-state index in [1.165, 1.54) is 0 Å². The fraction of sp³-hybridized carbons (Fsp3) is 1.00. The van der Waals surface area contributed by atoms with Gasteiger partial charge in [0.2, 0.25) is 0 Å². The van der Waals surface area contributed by atoms with Crippen LogP contribution in [0.1, 0.15) is 13.8 Å². The fourth-order valence-corrected chi connectivity index (χ4v) is 2.19. The van der Waals surface area contributed by atoms with Gasteiger partial charge in [-0.3, -0.25) is 0 Å². The summed E-state index contributed by atoms with van der Waals surface area (Å²) >= 11 is -0.785. The van der Waals surface area contributed by atoms with E-state index in [-0.39, 0.29) is 5.25 Å². The first-order valence-electron chi connectivity index (χ1n) is 4.00. The Bertz CT molecular complexity index is 115. The molecule has 1 saturated heterocycles. The summed E-state index contributed by atoms with van der Waals surface area (Å²) in [6.45, 7) is 7.40. The van der Waals surface area contributed by atoms with Gasteiger partial charge in [0, 0.05) is 24.5 Å². The molecule has 1 heterocycles. The Kier molecular flexibility index (Phi) is 3.65. The van der Waals surface area contributed by atoms with Crippen LogP contribution in [0, 0.1) is 0 Å². The zero-order valence-corrected chi connectivity index (χ0v) is 7.93. The van der Waals surface area contributed by atoms with Gasteiger partial charge in [-0.15, -0.1) is 4.31 Å². The van der Waals surface area contributed by atoms with Crippen molar-refractivity contribution < 1.29 is 4.55 Å². The van der Waals surface area contributed by atoms with Gasteiger partial charge in [0.05, 0.1) is 13.1 Å². The summed E-state index contributed by atoms with van der Waals surface area (Å²) in [5.74, 6) is 0. The lowest BCUT2D eigenvalue weighted by Crippen LogP contribution is -2.46. The van der Waals surface area contributed by atoms with E-state index in [1.807, 2.05) is 18.2 Å². The quantitative estimate of drug-likeness (QED) is 0.553. The molecule has 0 aliphatic carbocycles. The Hall–Kier alpha value is 0.230. The number of piperazine rings is 1. The number of hydrogen-bond acceptors (Lipinski definition) is 2. The third kappa shape index (κ3) is 2.63. The monoisotopic (exact) mass is 175 g/mol. The molecule has 0 aromatic carbocycles. The summed E-state index contributed by atoms with van der Waals surface area (Å²) in [6.07, 6.45) is 0. The first-order valence-corrected chi connectivity index (χ1v) is 5.17. The van der Waals surface area contributed by atoms with E-state index in [9.17, 15) is 4.55 Å². The molecular formula is C7H15N2OS. The number of rotatable bonds is 2. The van der Waals surface area contributed by atoms with Crippen LogP contribution in [0.5, 0.6) is 0 Å². The van der Waals surface area contributed by atoms with E-state index in [4.69, 9.17) is 0 Å². The molecule has 1 atom stereocenters. The topological polar surface area (TPSA) is 40.4 Å². The van der Waals surface area contributed by atoms with Gasteiger partial charge in [0.25, 0.3) is 0 Å². The Morgan fingerprint density at radius 2 is 1.91 bits per heavy atom. The summed E-state index contributed by atoms with van der Waals surface area (Å²) in [4.78, 5) is 0. The molecule has 0 aromatic heterocycles. The van der Waals surface area contributed by atoms with Crippen LogP contribution in [0.2, 0.25) is 0 Å². The van der Waals surface area contributed by atoms with Gasteiger partial charge >= 0.3 is 0 Å². The second-order valence-corrected chi connectivity index (χ2v) is 4.94. The van der Waals surface area contributed by atoms with Crippen molar-refractivity contribution in [3.8, 4) is 0 Å². The molecule has 1 unspecified atom stereocenters. The molecule has 0 N–H and O–H groups in total. The van der Waals surface area contributed by atoms with Crippen LogP contribution in [0.4, 0.5) is 0 Å². The standard InChI is InChI=1S/C7H15N2OS/c1-7(2)11(10)9-5-3-8-4-6-9/h7H,3-6H2,1-2H3. The van der Waals surface area contributed by atoms with Crippen LogP contribution < -0.4 is 5.32 Å². The minimum absolute atomic E-state index is 0.244. The maximum Gasteiger partial charge on any atom is 0.130 e. The first-order chi connectivity index (χ1) is 5.22. The number of hydrogen-bond donors (Lipinski definition) is 0. The molecule has 0 spiro atoms. The van der Waals surface area contributed by atoms with Gasteiger partial charge in [-0.05, 0) is 13.8 Å². The largest absolute Gasteiger partial charge is 0.598 e. The summed E-state index contributed by atoms with van der Waals surface area (Å²) in [7, 11) is 0. The highest BCUT2D eigenvalue weighted by Crippen LogP contribution is 2.08. The molecule has 0 bridgehead atoms. The van der Waals surface area contributed by atoms with Gasteiger partial charge in [-0.2, -0.15) is 0 Å². The van der Waals surface area contributed by atoms with Crippen LogP contribution in [-0.2, 0) is 11.4 Å². The normalized spacial score (nSPS) is 24.0. The molecule has 1 aliphatic heterocycles. The van der Waals surface area contributed by atoms with Crippen molar-refractivity contribution in [3.63, 3.8) is 0 Å². The van der Waals surface area contributed by atoms with Crippen LogP contribution >= 0.6 is 0 Å². The molecule has 1 fully saturated rings. The molecule has 1 radical (unpaired) electrons.